The number of nitrogens with zero attached hydrogens (tertiary/aromatic N) is 1. The van der Waals surface area contributed by atoms with E-state index in [-0.39, 0.29) is 0 Å². The largest absolute Gasteiger partial charge is 0.457 e. The zero-order valence-electron chi connectivity index (χ0n) is 18.8. The molecule has 0 fully saturated rings. The van der Waals surface area contributed by atoms with Crippen LogP contribution in [-0.4, -0.2) is 16.7 Å². The molecule has 4 nitrogen and oxygen atoms in total. The number of ether oxygens (including phenoxy) is 1. The van der Waals surface area contributed by atoms with E-state index in [1.54, 1.807) is 12.1 Å². The number of nitrogens with one attached hydrogen (secondary N) is 2. The summed E-state index contributed by atoms with van der Waals surface area (Å²) < 4.78 is 5.87. The standard InChI is InChI=1S/C28H20Cl3N3OS/c29-20-5-1-18(2-6-20)26-17-34(33-27(26)19-3-7-21(30)8-4-19)28(36)32-23-11-15-25(16-12-23)35-24-13-9-22(31)10-14-24/h1-16,33H,17H2,(H,32,36). The molecule has 0 atom stereocenters. The summed E-state index contributed by atoms with van der Waals surface area (Å²) in [6.07, 6.45) is 0. The van der Waals surface area contributed by atoms with Gasteiger partial charge in [0.2, 0.25) is 0 Å². The number of hydrazine groups is 1. The van der Waals surface area contributed by atoms with Crippen molar-refractivity contribution in [1.29, 1.82) is 0 Å². The molecule has 1 heterocycles. The third-order valence-electron chi connectivity index (χ3n) is 5.59. The van der Waals surface area contributed by atoms with Crippen LogP contribution < -0.4 is 15.5 Å². The van der Waals surface area contributed by atoms with Crippen LogP contribution in [0.1, 0.15) is 11.1 Å². The SMILES string of the molecule is S=C(Nc1ccc(Oc2ccc(Cl)cc2)cc1)N1CC(c2ccc(Cl)cc2)=C(c2ccc(Cl)cc2)N1. The van der Waals surface area contributed by atoms with Crippen molar-refractivity contribution in [3.8, 4) is 11.5 Å². The highest BCUT2D eigenvalue weighted by atomic mass is 35.5. The van der Waals surface area contributed by atoms with E-state index < -0.39 is 0 Å². The summed E-state index contributed by atoms with van der Waals surface area (Å²) in [4.78, 5) is 0. The lowest BCUT2D eigenvalue weighted by atomic mass is 10.0. The van der Waals surface area contributed by atoms with Gasteiger partial charge in [0.1, 0.15) is 11.5 Å². The number of halogens is 3. The molecule has 1 aliphatic rings. The Labute approximate surface area is 230 Å². The Balaban J connectivity index is 1.30. The first kappa shape index (κ1) is 24.5. The summed E-state index contributed by atoms with van der Waals surface area (Å²) in [5.74, 6) is 1.43. The van der Waals surface area contributed by atoms with E-state index in [1.165, 1.54) is 0 Å². The maximum absolute atomic E-state index is 6.12. The van der Waals surface area contributed by atoms with E-state index in [0.717, 1.165) is 28.1 Å². The highest BCUT2D eigenvalue weighted by molar-refractivity contribution is 7.80. The Hall–Kier alpha value is -3.22. The van der Waals surface area contributed by atoms with Crippen molar-refractivity contribution in [2.75, 3.05) is 11.9 Å². The van der Waals surface area contributed by atoms with Gasteiger partial charge in [-0.3, -0.25) is 10.4 Å². The molecule has 180 valence electrons. The quantitative estimate of drug-likeness (QED) is 0.243. The number of rotatable bonds is 5. The molecule has 2 N–H and O–H groups in total. The molecule has 0 aromatic heterocycles. The van der Waals surface area contributed by atoms with Crippen LogP contribution in [-0.2, 0) is 0 Å². The van der Waals surface area contributed by atoms with Crippen molar-refractivity contribution in [2.45, 2.75) is 0 Å². The maximum atomic E-state index is 6.12. The summed E-state index contributed by atoms with van der Waals surface area (Å²) in [6.45, 7) is 0.573. The predicted octanol–water partition coefficient (Wildman–Crippen LogP) is 8.52. The smallest absolute Gasteiger partial charge is 0.192 e. The summed E-state index contributed by atoms with van der Waals surface area (Å²) >= 11 is 23.9. The zero-order chi connectivity index (χ0) is 25.1. The Bertz CT molecular complexity index is 1350. The first-order chi connectivity index (χ1) is 17.4. The van der Waals surface area contributed by atoms with Crippen LogP contribution in [0.3, 0.4) is 0 Å². The van der Waals surface area contributed by atoms with E-state index in [1.807, 2.05) is 89.9 Å². The Morgan fingerprint density at radius 2 is 1.17 bits per heavy atom. The lowest BCUT2D eigenvalue weighted by Gasteiger charge is -2.22. The van der Waals surface area contributed by atoms with Crippen LogP contribution in [0.25, 0.3) is 11.3 Å². The minimum Gasteiger partial charge on any atom is -0.457 e. The molecular weight excluding hydrogens is 533 g/mol. The molecule has 4 aromatic carbocycles. The summed E-state index contributed by atoms with van der Waals surface area (Å²) in [5.41, 5.74) is 8.44. The maximum Gasteiger partial charge on any atom is 0.192 e. The fourth-order valence-corrected chi connectivity index (χ4v) is 4.39. The van der Waals surface area contributed by atoms with Gasteiger partial charge in [0.25, 0.3) is 0 Å². The molecule has 8 heteroatoms. The second kappa shape index (κ2) is 10.8. The number of anilines is 1. The normalized spacial score (nSPS) is 12.9. The van der Waals surface area contributed by atoms with E-state index in [0.29, 0.717) is 38.2 Å². The first-order valence-electron chi connectivity index (χ1n) is 11.1. The number of hydrogen-bond donors (Lipinski definition) is 2. The number of hydrogen-bond acceptors (Lipinski definition) is 3. The third kappa shape index (κ3) is 5.77. The van der Waals surface area contributed by atoms with Crippen molar-refractivity contribution < 1.29 is 4.74 Å². The van der Waals surface area contributed by atoms with Gasteiger partial charge in [-0.1, -0.05) is 59.1 Å². The molecule has 0 radical (unpaired) electrons. The molecule has 0 amide bonds. The van der Waals surface area contributed by atoms with Crippen molar-refractivity contribution in [3.05, 3.63) is 123 Å². The molecule has 4 aromatic rings. The topological polar surface area (TPSA) is 36.5 Å². The molecule has 0 aliphatic carbocycles. The fourth-order valence-electron chi connectivity index (χ4n) is 3.78. The van der Waals surface area contributed by atoms with Crippen LogP contribution in [0.4, 0.5) is 5.69 Å². The lowest BCUT2D eigenvalue weighted by Crippen LogP contribution is -2.40. The van der Waals surface area contributed by atoms with Crippen LogP contribution in [0.5, 0.6) is 11.5 Å². The average Bonchev–Trinajstić information content (AvgIpc) is 3.33. The molecule has 36 heavy (non-hydrogen) atoms. The van der Waals surface area contributed by atoms with Crippen molar-refractivity contribution in [3.63, 3.8) is 0 Å². The van der Waals surface area contributed by atoms with Crippen LogP contribution in [0.15, 0.2) is 97.1 Å². The van der Waals surface area contributed by atoms with Crippen LogP contribution >= 0.6 is 47.0 Å². The van der Waals surface area contributed by atoms with Gasteiger partial charge in [0.05, 0.1) is 12.2 Å². The average molecular weight is 553 g/mol. The zero-order valence-corrected chi connectivity index (χ0v) is 21.9. The first-order valence-corrected chi connectivity index (χ1v) is 12.6. The van der Waals surface area contributed by atoms with Crippen molar-refractivity contribution in [2.24, 2.45) is 0 Å². The fraction of sp³-hybridized carbons (Fsp3) is 0.0357. The Morgan fingerprint density at radius 3 is 1.72 bits per heavy atom. The Morgan fingerprint density at radius 1 is 0.694 bits per heavy atom. The van der Waals surface area contributed by atoms with E-state index in [4.69, 9.17) is 51.8 Å². The van der Waals surface area contributed by atoms with Crippen molar-refractivity contribution in [1.82, 2.24) is 10.4 Å². The predicted molar refractivity (Wildman–Crippen MR) is 154 cm³/mol. The highest BCUT2D eigenvalue weighted by Gasteiger charge is 2.25. The number of benzene rings is 4. The highest BCUT2D eigenvalue weighted by Crippen LogP contribution is 2.32. The molecule has 0 bridgehead atoms. The molecule has 0 saturated carbocycles. The van der Waals surface area contributed by atoms with Gasteiger partial charge in [0.15, 0.2) is 5.11 Å². The van der Waals surface area contributed by atoms with Gasteiger partial charge in [-0.05, 0) is 96.1 Å². The molecule has 0 spiro atoms. The summed E-state index contributed by atoms with van der Waals surface area (Å²) in [6, 6.07) is 30.3. The lowest BCUT2D eigenvalue weighted by molar-refractivity contribution is 0.440. The van der Waals surface area contributed by atoms with Crippen LogP contribution in [0, 0.1) is 0 Å². The van der Waals surface area contributed by atoms with Gasteiger partial charge >= 0.3 is 0 Å². The third-order valence-corrected chi connectivity index (χ3v) is 6.67. The van der Waals surface area contributed by atoms with E-state index >= 15 is 0 Å². The van der Waals surface area contributed by atoms with Gasteiger partial charge in [-0.15, -0.1) is 0 Å². The second-order valence-corrected chi connectivity index (χ2v) is 9.77. The van der Waals surface area contributed by atoms with Gasteiger partial charge in [-0.25, -0.2) is 0 Å². The molecule has 0 unspecified atom stereocenters. The van der Waals surface area contributed by atoms with Crippen LogP contribution in [0.2, 0.25) is 15.1 Å². The minimum absolute atomic E-state index is 0.539. The minimum atomic E-state index is 0.539. The van der Waals surface area contributed by atoms with Gasteiger partial charge in [-0.2, -0.15) is 0 Å². The monoisotopic (exact) mass is 551 g/mol. The molecule has 5 rings (SSSR count). The van der Waals surface area contributed by atoms with Crippen molar-refractivity contribution >= 4 is 69.1 Å². The van der Waals surface area contributed by atoms with E-state index in [2.05, 4.69) is 10.7 Å². The molecule has 1 aliphatic heterocycles. The van der Waals surface area contributed by atoms with Gasteiger partial charge < -0.3 is 10.1 Å². The second-order valence-electron chi connectivity index (χ2n) is 8.08. The Kier molecular flexibility index (Phi) is 7.35. The summed E-state index contributed by atoms with van der Waals surface area (Å²) in [5, 5.41) is 7.78. The van der Waals surface area contributed by atoms with Gasteiger partial charge in [0, 0.05) is 26.3 Å². The number of thiocarbonyl (C=S) groups is 1. The summed E-state index contributed by atoms with van der Waals surface area (Å²) in [7, 11) is 0. The molecular formula is C28H20Cl3N3OS. The molecule has 0 saturated heterocycles. The van der Waals surface area contributed by atoms with E-state index in [9.17, 15) is 0 Å².